The van der Waals surface area contributed by atoms with E-state index in [0.717, 1.165) is 19.4 Å². The Kier molecular flexibility index (Phi) is 5.65. The molecule has 1 aliphatic rings. The molecule has 4 nitrogen and oxygen atoms in total. The van der Waals surface area contributed by atoms with Crippen LogP contribution in [0.5, 0.6) is 0 Å². The van der Waals surface area contributed by atoms with E-state index in [2.05, 4.69) is 0 Å². The van der Waals surface area contributed by atoms with E-state index in [9.17, 15) is 4.79 Å². The molecular formula is C11H20O4. The largest absolute Gasteiger partial charge is 0.460 e. The second-order valence-corrected chi connectivity index (χ2v) is 4.04. The van der Waals surface area contributed by atoms with Crippen LogP contribution in [-0.2, 0) is 19.0 Å². The van der Waals surface area contributed by atoms with Crippen LogP contribution in [-0.4, -0.2) is 38.5 Å². The van der Waals surface area contributed by atoms with E-state index >= 15 is 0 Å². The maximum absolute atomic E-state index is 11.4. The van der Waals surface area contributed by atoms with Gasteiger partial charge in [0.2, 0.25) is 0 Å². The van der Waals surface area contributed by atoms with Crippen LogP contribution in [0, 0.1) is 5.92 Å². The molecule has 1 heterocycles. The molecule has 0 bridgehead atoms. The lowest BCUT2D eigenvalue weighted by molar-refractivity contribution is -0.156. The van der Waals surface area contributed by atoms with Gasteiger partial charge in [-0.05, 0) is 6.42 Å². The number of hydrogen-bond acceptors (Lipinski definition) is 4. The van der Waals surface area contributed by atoms with E-state index < -0.39 is 0 Å². The van der Waals surface area contributed by atoms with Crippen LogP contribution in [0.3, 0.4) is 0 Å². The second-order valence-electron chi connectivity index (χ2n) is 4.04. The first-order valence-electron chi connectivity index (χ1n) is 5.56. The molecule has 1 aliphatic heterocycles. The lowest BCUT2D eigenvalue weighted by atomic mass is 10.2. The fraction of sp³-hybridized carbons (Fsp3) is 0.909. The molecular weight excluding hydrogens is 196 g/mol. The summed E-state index contributed by atoms with van der Waals surface area (Å²) in [5.41, 5.74) is 0. The summed E-state index contributed by atoms with van der Waals surface area (Å²) in [6.45, 7) is 6.19. The molecule has 0 aromatic heterocycles. The highest BCUT2D eigenvalue weighted by atomic mass is 16.6. The Morgan fingerprint density at radius 2 is 2.00 bits per heavy atom. The fourth-order valence-electron chi connectivity index (χ4n) is 1.27. The zero-order valence-electron chi connectivity index (χ0n) is 9.53. The molecule has 88 valence electrons. The Balaban J connectivity index is 2.33. The summed E-state index contributed by atoms with van der Waals surface area (Å²) in [6, 6.07) is 0. The van der Waals surface area contributed by atoms with Crippen LogP contribution in [0.1, 0.15) is 26.7 Å². The van der Waals surface area contributed by atoms with Crippen LogP contribution < -0.4 is 0 Å². The number of ether oxygens (including phenoxy) is 3. The van der Waals surface area contributed by atoms with Crippen molar-refractivity contribution in [3.05, 3.63) is 0 Å². The van der Waals surface area contributed by atoms with Crippen molar-refractivity contribution in [2.75, 3.05) is 26.4 Å². The van der Waals surface area contributed by atoms with E-state index in [0.29, 0.717) is 19.8 Å². The molecule has 0 radical (unpaired) electrons. The molecule has 1 saturated heterocycles. The highest BCUT2D eigenvalue weighted by Crippen LogP contribution is 2.07. The van der Waals surface area contributed by atoms with Gasteiger partial charge in [-0.2, -0.15) is 0 Å². The third-order valence-electron chi connectivity index (χ3n) is 2.22. The summed E-state index contributed by atoms with van der Waals surface area (Å²) in [4.78, 5) is 11.4. The first-order valence-corrected chi connectivity index (χ1v) is 5.56. The Morgan fingerprint density at radius 1 is 1.27 bits per heavy atom. The van der Waals surface area contributed by atoms with Gasteiger partial charge in [-0.25, -0.2) is 0 Å². The van der Waals surface area contributed by atoms with Crippen LogP contribution in [0.2, 0.25) is 0 Å². The highest BCUT2D eigenvalue weighted by molar-refractivity contribution is 5.71. The summed E-state index contributed by atoms with van der Waals surface area (Å²) >= 11 is 0. The van der Waals surface area contributed by atoms with Crippen molar-refractivity contribution in [3.8, 4) is 0 Å². The molecule has 0 spiro atoms. The minimum Gasteiger partial charge on any atom is -0.460 e. The van der Waals surface area contributed by atoms with Gasteiger partial charge in [0.1, 0.15) is 6.10 Å². The summed E-state index contributed by atoms with van der Waals surface area (Å²) in [5.74, 6) is -0.249. The van der Waals surface area contributed by atoms with Crippen LogP contribution in [0.4, 0.5) is 0 Å². The first kappa shape index (κ1) is 12.5. The smallest absolute Gasteiger partial charge is 0.308 e. The summed E-state index contributed by atoms with van der Waals surface area (Å²) in [5, 5.41) is 0. The molecule has 1 atom stereocenters. The van der Waals surface area contributed by atoms with Gasteiger partial charge in [0, 0.05) is 19.6 Å². The summed E-state index contributed by atoms with van der Waals surface area (Å²) in [6.07, 6.45) is 1.47. The molecule has 0 N–H and O–H groups in total. The highest BCUT2D eigenvalue weighted by Gasteiger charge is 2.17. The molecule has 1 fully saturated rings. The quantitative estimate of drug-likeness (QED) is 0.654. The predicted octanol–water partition coefficient (Wildman–Crippen LogP) is 1.38. The van der Waals surface area contributed by atoms with Gasteiger partial charge in [0.05, 0.1) is 19.1 Å². The third-order valence-corrected chi connectivity index (χ3v) is 2.22. The third kappa shape index (κ3) is 5.14. The lowest BCUT2D eigenvalue weighted by Gasteiger charge is -2.17. The molecule has 0 amide bonds. The van der Waals surface area contributed by atoms with Gasteiger partial charge in [-0.15, -0.1) is 0 Å². The minimum atomic E-state index is -0.164. The van der Waals surface area contributed by atoms with Gasteiger partial charge < -0.3 is 14.2 Å². The van der Waals surface area contributed by atoms with Crippen LogP contribution in [0.15, 0.2) is 0 Å². The summed E-state index contributed by atoms with van der Waals surface area (Å²) in [7, 11) is 0. The lowest BCUT2D eigenvalue weighted by Crippen LogP contribution is -2.26. The van der Waals surface area contributed by atoms with E-state index in [-0.39, 0.29) is 18.0 Å². The predicted molar refractivity (Wildman–Crippen MR) is 55.6 cm³/mol. The second kappa shape index (κ2) is 6.80. The molecule has 4 heteroatoms. The summed E-state index contributed by atoms with van der Waals surface area (Å²) < 4.78 is 16.0. The molecule has 1 rings (SSSR count). The average Bonchev–Trinajstić information content (AvgIpc) is 2.31. The number of carbonyl (C=O) groups excluding carboxylic acids is 1. The Morgan fingerprint density at radius 3 is 2.73 bits per heavy atom. The Hall–Kier alpha value is -0.610. The first-order chi connectivity index (χ1) is 7.20. The van der Waals surface area contributed by atoms with E-state index in [4.69, 9.17) is 14.2 Å². The van der Waals surface area contributed by atoms with Crippen LogP contribution >= 0.6 is 0 Å². The van der Waals surface area contributed by atoms with Crippen molar-refractivity contribution in [1.29, 1.82) is 0 Å². The molecule has 1 unspecified atom stereocenters. The molecule has 0 aromatic carbocycles. The SMILES string of the molecule is CC(C)C(=O)OC1CCOCCCOC1. The number of rotatable bonds is 2. The fourth-order valence-corrected chi connectivity index (χ4v) is 1.27. The van der Waals surface area contributed by atoms with Gasteiger partial charge in [-0.1, -0.05) is 13.8 Å². The van der Waals surface area contributed by atoms with E-state index in [1.54, 1.807) is 0 Å². The van der Waals surface area contributed by atoms with Crippen molar-refractivity contribution in [2.45, 2.75) is 32.8 Å². The number of hydrogen-bond donors (Lipinski definition) is 0. The van der Waals surface area contributed by atoms with Crippen molar-refractivity contribution < 1.29 is 19.0 Å². The van der Waals surface area contributed by atoms with Gasteiger partial charge >= 0.3 is 5.97 Å². The van der Waals surface area contributed by atoms with Crippen molar-refractivity contribution in [3.63, 3.8) is 0 Å². The molecule has 15 heavy (non-hydrogen) atoms. The van der Waals surface area contributed by atoms with Crippen LogP contribution in [0.25, 0.3) is 0 Å². The standard InChI is InChI=1S/C11H20O4/c1-9(2)11(12)15-10-4-7-13-5-3-6-14-8-10/h9-10H,3-8H2,1-2H3. The zero-order valence-corrected chi connectivity index (χ0v) is 9.53. The molecule has 0 aromatic rings. The maximum atomic E-state index is 11.4. The normalized spacial score (nSPS) is 24.1. The molecule has 0 saturated carbocycles. The monoisotopic (exact) mass is 216 g/mol. The Labute approximate surface area is 90.9 Å². The Bertz CT molecular complexity index is 181. The topological polar surface area (TPSA) is 44.8 Å². The number of esters is 1. The van der Waals surface area contributed by atoms with Gasteiger partial charge in [0.25, 0.3) is 0 Å². The number of carbonyl (C=O) groups is 1. The van der Waals surface area contributed by atoms with Gasteiger partial charge in [0.15, 0.2) is 0 Å². The van der Waals surface area contributed by atoms with Gasteiger partial charge in [-0.3, -0.25) is 4.79 Å². The molecule has 0 aliphatic carbocycles. The van der Waals surface area contributed by atoms with Crippen molar-refractivity contribution in [2.24, 2.45) is 5.92 Å². The zero-order chi connectivity index (χ0) is 11.1. The van der Waals surface area contributed by atoms with Crippen molar-refractivity contribution in [1.82, 2.24) is 0 Å². The van der Waals surface area contributed by atoms with Crippen molar-refractivity contribution >= 4 is 5.97 Å². The maximum Gasteiger partial charge on any atom is 0.308 e. The minimum absolute atomic E-state index is 0.0847. The van der Waals surface area contributed by atoms with E-state index in [1.165, 1.54) is 0 Å². The average molecular weight is 216 g/mol. The van der Waals surface area contributed by atoms with E-state index in [1.807, 2.05) is 13.8 Å².